The Bertz CT molecular complexity index is 807. The first kappa shape index (κ1) is 19.5. The van der Waals surface area contributed by atoms with Crippen LogP contribution < -0.4 is 9.64 Å². The van der Waals surface area contributed by atoms with Crippen molar-refractivity contribution in [2.24, 2.45) is 11.3 Å². The van der Waals surface area contributed by atoms with E-state index in [2.05, 4.69) is 68.1 Å². The summed E-state index contributed by atoms with van der Waals surface area (Å²) in [7, 11) is 2.03. The smallest absolute Gasteiger partial charge is 0.120 e. The summed E-state index contributed by atoms with van der Waals surface area (Å²) in [5, 5.41) is 11.2. The Kier molecular flexibility index (Phi) is 5.95. The van der Waals surface area contributed by atoms with E-state index in [1.165, 1.54) is 23.6 Å². The minimum absolute atomic E-state index is 0.345. The molecule has 0 atom stereocenters. The second kappa shape index (κ2) is 8.21. The largest absolute Gasteiger partial charge is 0.490 e. The molecule has 3 rings (SSSR count). The predicted octanol–water partition coefficient (Wildman–Crippen LogP) is 6.17. The summed E-state index contributed by atoms with van der Waals surface area (Å²) in [6.45, 7) is 7.82. The molecule has 27 heavy (non-hydrogen) atoms. The quantitative estimate of drug-likeness (QED) is 0.636. The van der Waals surface area contributed by atoms with Gasteiger partial charge in [-0.1, -0.05) is 32.9 Å². The predicted molar refractivity (Wildman–Crippen MR) is 113 cm³/mol. The summed E-state index contributed by atoms with van der Waals surface area (Å²) in [5.74, 6) is 1.79. The van der Waals surface area contributed by atoms with Crippen molar-refractivity contribution in [3.63, 3.8) is 0 Å². The molecule has 0 unspecified atom stereocenters. The molecule has 0 bridgehead atoms. The fraction of sp³-hybridized carbons (Fsp3) is 0.542. The van der Waals surface area contributed by atoms with Crippen molar-refractivity contribution in [1.29, 1.82) is 5.26 Å². The van der Waals surface area contributed by atoms with Gasteiger partial charge in [-0.05, 0) is 72.1 Å². The molecule has 0 amide bonds. The minimum Gasteiger partial charge on any atom is -0.490 e. The average Bonchev–Trinajstić information content (AvgIpc) is 2.65. The van der Waals surface area contributed by atoms with E-state index in [0.29, 0.717) is 17.9 Å². The molecule has 2 aromatic carbocycles. The van der Waals surface area contributed by atoms with Gasteiger partial charge >= 0.3 is 0 Å². The van der Waals surface area contributed by atoms with Crippen molar-refractivity contribution in [3.05, 3.63) is 36.4 Å². The van der Waals surface area contributed by atoms with E-state index < -0.39 is 0 Å². The van der Waals surface area contributed by atoms with Gasteiger partial charge in [0.15, 0.2) is 0 Å². The number of ether oxygens (including phenoxy) is 1. The highest BCUT2D eigenvalue weighted by atomic mass is 16.5. The zero-order valence-electron chi connectivity index (χ0n) is 17.2. The molecule has 0 aromatic heterocycles. The van der Waals surface area contributed by atoms with Crippen LogP contribution in [0.1, 0.15) is 52.9 Å². The van der Waals surface area contributed by atoms with Crippen LogP contribution in [0.2, 0.25) is 0 Å². The molecule has 1 aliphatic carbocycles. The molecule has 0 spiro atoms. The molecule has 2 aromatic rings. The van der Waals surface area contributed by atoms with Crippen molar-refractivity contribution < 1.29 is 4.74 Å². The third kappa shape index (κ3) is 4.95. The molecule has 0 radical (unpaired) electrons. The zero-order chi connectivity index (χ0) is 19.4. The number of rotatable bonds is 5. The van der Waals surface area contributed by atoms with E-state index >= 15 is 0 Å². The van der Waals surface area contributed by atoms with E-state index in [0.717, 1.165) is 36.7 Å². The van der Waals surface area contributed by atoms with Crippen LogP contribution in [0.25, 0.3) is 10.8 Å². The van der Waals surface area contributed by atoms with Gasteiger partial charge in [-0.3, -0.25) is 0 Å². The lowest BCUT2D eigenvalue weighted by atomic mass is 9.72. The van der Waals surface area contributed by atoms with Gasteiger partial charge in [0.2, 0.25) is 0 Å². The molecule has 1 saturated carbocycles. The molecular weight excluding hydrogens is 332 g/mol. The van der Waals surface area contributed by atoms with Gasteiger partial charge in [-0.2, -0.15) is 5.26 Å². The Balaban J connectivity index is 1.64. The Labute approximate surface area is 163 Å². The van der Waals surface area contributed by atoms with Crippen LogP contribution in [-0.2, 0) is 0 Å². The van der Waals surface area contributed by atoms with Gasteiger partial charge in [0.05, 0.1) is 18.6 Å². The van der Waals surface area contributed by atoms with Crippen molar-refractivity contribution in [2.75, 3.05) is 18.5 Å². The van der Waals surface area contributed by atoms with E-state index in [4.69, 9.17) is 10.00 Å². The van der Waals surface area contributed by atoms with E-state index in [1.807, 2.05) is 7.05 Å². The maximum absolute atomic E-state index is 8.76. The Morgan fingerprint density at radius 1 is 1.04 bits per heavy atom. The fourth-order valence-electron chi connectivity index (χ4n) is 4.11. The Hall–Kier alpha value is -2.21. The number of anilines is 1. The first-order valence-electron chi connectivity index (χ1n) is 10.2. The second-order valence-electron chi connectivity index (χ2n) is 8.98. The lowest BCUT2D eigenvalue weighted by molar-refractivity contribution is 0.0883. The fourth-order valence-corrected chi connectivity index (χ4v) is 4.11. The van der Waals surface area contributed by atoms with Crippen LogP contribution >= 0.6 is 0 Å². The van der Waals surface area contributed by atoms with Crippen LogP contribution in [0.15, 0.2) is 36.4 Å². The second-order valence-corrected chi connectivity index (χ2v) is 8.98. The van der Waals surface area contributed by atoms with Crippen LogP contribution in [0.3, 0.4) is 0 Å². The summed E-state index contributed by atoms with van der Waals surface area (Å²) >= 11 is 0. The highest BCUT2D eigenvalue weighted by Gasteiger charge is 2.30. The SMILES string of the molecule is CN(CCC#N)c1ccc2cc(OC3CCC(C(C)(C)C)CC3)ccc2c1. The highest BCUT2D eigenvalue weighted by Crippen LogP contribution is 2.39. The molecule has 144 valence electrons. The molecule has 0 aliphatic heterocycles. The van der Waals surface area contributed by atoms with Crippen molar-refractivity contribution >= 4 is 16.5 Å². The first-order valence-corrected chi connectivity index (χ1v) is 10.2. The van der Waals surface area contributed by atoms with E-state index in [1.54, 1.807) is 0 Å². The van der Waals surface area contributed by atoms with Gasteiger partial charge in [0, 0.05) is 19.3 Å². The minimum atomic E-state index is 0.345. The number of fused-ring (bicyclic) bond motifs is 1. The van der Waals surface area contributed by atoms with Crippen molar-refractivity contribution in [1.82, 2.24) is 0 Å². The van der Waals surface area contributed by atoms with E-state index in [9.17, 15) is 0 Å². The molecule has 0 heterocycles. The van der Waals surface area contributed by atoms with Crippen molar-refractivity contribution in [3.8, 4) is 11.8 Å². The number of benzene rings is 2. The summed E-state index contributed by atoms with van der Waals surface area (Å²) in [5.41, 5.74) is 1.55. The Morgan fingerprint density at radius 3 is 2.37 bits per heavy atom. The molecular formula is C24H32N2O. The highest BCUT2D eigenvalue weighted by molar-refractivity contribution is 5.87. The number of nitriles is 1. The van der Waals surface area contributed by atoms with Gasteiger partial charge in [0.25, 0.3) is 0 Å². The molecule has 0 N–H and O–H groups in total. The molecule has 1 aliphatic rings. The van der Waals surface area contributed by atoms with Gasteiger partial charge in [-0.15, -0.1) is 0 Å². The molecule has 1 fully saturated rings. The van der Waals surface area contributed by atoms with Gasteiger partial charge in [-0.25, -0.2) is 0 Å². The molecule has 0 saturated heterocycles. The lowest BCUT2D eigenvalue weighted by Gasteiger charge is -2.37. The van der Waals surface area contributed by atoms with E-state index in [-0.39, 0.29) is 0 Å². The van der Waals surface area contributed by atoms with Crippen LogP contribution in [-0.4, -0.2) is 19.7 Å². The topological polar surface area (TPSA) is 36.3 Å². The zero-order valence-corrected chi connectivity index (χ0v) is 17.2. The summed E-state index contributed by atoms with van der Waals surface area (Å²) in [6.07, 6.45) is 5.72. The normalized spacial score (nSPS) is 20.3. The molecule has 3 nitrogen and oxygen atoms in total. The number of nitrogens with zero attached hydrogens (tertiary/aromatic N) is 2. The summed E-state index contributed by atoms with van der Waals surface area (Å²) < 4.78 is 6.31. The van der Waals surface area contributed by atoms with Gasteiger partial charge < -0.3 is 9.64 Å². The number of hydrogen-bond acceptors (Lipinski definition) is 3. The van der Waals surface area contributed by atoms with Crippen LogP contribution in [0, 0.1) is 22.7 Å². The molecule has 3 heteroatoms. The van der Waals surface area contributed by atoms with Crippen LogP contribution in [0.4, 0.5) is 5.69 Å². The summed E-state index contributed by atoms with van der Waals surface area (Å²) in [4.78, 5) is 2.13. The third-order valence-electron chi connectivity index (χ3n) is 6.00. The summed E-state index contributed by atoms with van der Waals surface area (Å²) in [6, 6.07) is 15.1. The van der Waals surface area contributed by atoms with Crippen LogP contribution in [0.5, 0.6) is 5.75 Å². The number of hydrogen-bond donors (Lipinski definition) is 0. The average molecular weight is 365 g/mol. The monoisotopic (exact) mass is 364 g/mol. The first-order chi connectivity index (χ1) is 12.9. The standard InChI is InChI=1S/C24H32N2O/c1-24(2,3)20-8-12-22(13-9-20)27-23-11-7-18-16-21(10-6-19(18)17-23)26(4)15-5-14-25/h6-7,10-11,16-17,20,22H,5,8-9,12-13,15H2,1-4H3. The lowest BCUT2D eigenvalue weighted by Crippen LogP contribution is -2.30. The Morgan fingerprint density at radius 2 is 1.70 bits per heavy atom. The van der Waals surface area contributed by atoms with Gasteiger partial charge in [0.1, 0.15) is 5.75 Å². The maximum atomic E-state index is 8.76. The van der Waals surface area contributed by atoms with Crippen molar-refractivity contribution in [2.45, 2.75) is 59.0 Å². The maximum Gasteiger partial charge on any atom is 0.120 e. The third-order valence-corrected chi connectivity index (χ3v) is 6.00.